The zero-order chi connectivity index (χ0) is 18.5. The number of rotatable bonds is 6. The third-order valence-corrected chi connectivity index (χ3v) is 4.46. The lowest BCUT2D eigenvalue weighted by molar-refractivity contribution is -0.384. The van der Waals surface area contributed by atoms with E-state index < -0.39 is 10.8 Å². The van der Waals surface area contributed by atoms with Crippen LogP contribution in [0.4, 0.5) is 5.69 Å². The molecule has 0 bridgehead atoms. The van der Waals surface area contributed by atoms with E-state index in [-0.39, 0.29) is 11.3 Å². The van der Waals surface area contributed by atoms with E-state index in [9.17, 15) is 14.9 Å². The fraction of sp³-hybridized carbons (Fsp3) is 0.471. The Morgan fingerprint density at radius 1 is 1.35 bits per heavy atom. The summed E-state index contributed by atoms with van der Waals surface area (Å²) in [6.07, 6.45) is 4.91. The lowest BCUT2D eigenvalue weighted by Gasteiger charge is -2.10. The van der Waals surface area contributed by atoms with Crippen molar-refractivity contribution >= 4 is 11.6 Å². The molecule has 0 radical (unpaired) electrons. The third-order valence-electron chi connectivity index (χ3n) is 4.46. The number of hydrogen-bond donors (Lipinski definition) is 1. The van der Waals surface area contributed by atoms with E-state index in [1.165, 1.54) is 31.7 Å². The highest BCUT2D eigenvalue weighted by molar-refractivity contribution is 5.97. The van der Waals surface area contributed by atoms with Crippen molar-refractivity contribution in [2.75, 3.05) is 13.7 Å². The summed E-state index contributed by atoms with van der Waals surface area (Å²) in [7, 11) is 1.42. The van der Waals surface area contributed by atoms with E-state index in [4.69, 9.17) is 4.74 Å². The lowest BCUT2D eigenvalue weighted by atomic mass is 10.1. The number of carbonyl (C=O) groups is 1. The first kappa shape index (κ1) is 17.8. The molecular formula is C17H21N5O4. The van der Waals surface area contributed by atoms with Gasteiger partial charge in [0.15, 0.2) is 0 Å². The first-order valence-corrected chi connectivity index (χ1v) is 8.61. The Bertz CT molecular complexity index is 817. The number of nitrogens with zero attached hydrogens (tertiary/aromatic N) is 4. The maximum Gasteiger partial charge on any atom is 0.270 e. The predicted octanol–water partition coefficient (Wildman–Crippen LogP) is 1.89. The summed E-state index contributed by atoms with van der Waals surface area (Å²) in [5.41, 5.74) is -0.0134. The number of nitro groups is 1. The minimum atomic E-state index is -0.540. The van der Waals surface area contributed by atoms with Crippen LogP contribution in [0.3, 0.4) is 0 Å². The van der Waals surface area contributed by atoms with Crippen LogP contribution in [0, 0.1) is 10.1 Å². The Hall–Kier alpha value is -2.97. The molecule has 0 saturated carbocycles. The number of methoxy groups -OCH3 is 1. The highest BCUT2D eigenvalue weighted by Crippen LogP contribution is 2.23. The molecule has 2 aromatic rings. The molecule has 0 unspecified atom stereocenters. The molecule has 1 aliphatic heterocycles. The highest BCUT2D eigenvalue weighted by Gasteiger charge is 2.18. The number of fused-ring (bicyclic) bond motifs is 1. The molecule has 9 nitrogen and oxygen atoms in total. The molecule has 0 saturated heterocycles. The van der Waals surface area contributed by atoms with Crippen LogP contribution < -0.4 is 10.1 Å². The minimum absolute atomic E-state index is 0.141. The quantitative estimate of drug-likeness (QED) is 0.623. The number of non-ortho nitro benzene ring substituents is 1. The normalized spacial score (nSPS) is 13.6. The van der Waals surface area contributed by atoms with Gasteiger partial charge in [-0.05, 0) is 18.9 Å². The molecule has 1 aliphatic rings. The molecule has 1 amide bonds. The van der Waals surface area contributed by atoms with Crippen molar-refractivity contribution in [2.24, 2.45) is 0 Å². The zero-order valence-electron chi connectivity index (χ0n) is 14.6. The number of benzene rings is 1. The van der Waals surface area contributed by atoms with Gasteiger partial charge in [0.2, 0.25) is 0 Å². The van der Waals surface area contributed by atoms with Gasteiger partial charge in [-0.2, -0.15) is 0 Å². The van der Waals surface area contributed by atoms with Crippen molar-refractivity contribution in [1.29, 1.82) is 0 Å². The second-order valence-electron chi connectivity index (χ2n) is 6.14. The number of carbonyl (C=O) groups excluding carboxylic acids is 1. The predicted molar refractivity (Wildman–Crippen MR) is 93.3 cm³/mol. The van der Waals surface area contributed by atoms with Crippen molar-refractivity contribution < 1.29 is 14.5 Å². The van der Waals surface area contributed by atoms with Crippen molar-refractivity contribution in [3.63, 3.8) is 0 Å². The van der Waals surface area contributed by atoms with E-state index in [0.717, 1.165) is 37.5 Å². The third kappa shape index (κ3) is 3.81. The molecule has 0 atom stereocenters. The van der Waals surface area contributed by atoms with Crippen LogP contribution in [0.15, 0.2) is 18.2 Å². The summed E-state index contributed by atoms with van der Waals surface area (Å²) < 4.78 is 7.26. The summed E-state index contributed by atoms with van der Waals surface area (Å²) in [5.74, 6) is 1.74. The van der Waals surface area contributed by atoms with Crippen LogP contribution in [-0.4, -0.2) is 39.2 Å². The standard InChI is InChI=1S/C17H21N5O4/c1-26-14-7-6-12(22(24)25)11-13(14)17(23)18-9-8-16-20-19-15-5-3-2-4-10-21(15)16/h6-7,11H,2-5,8-10H2,1H3,(H,18,23). The Morgan fingerprint density at radius 2 is 2.19 bits per heavy atom. The molecule has 0 spiro atoms. The Labute approximate surface area is 150 Å². The van der Waals surface area contributed by atoms with Crippen molar-refractivity contribution in [2.45, 2.75) is 38.6 Å². The van der Waals surface area contributed by atoms with Crippen molar-refractivity contribution in [3.05, 3.63) is 45.5 Å². The lowest BCUT2D eigenvalue weighted by Crippen LogP contribution is -2.27. The van der Waals surface area contributed by atoms with Gasteiger partial charge in [0.25, 0.3) is 11.6 Å². The first-order chi connectivity index (χ1) is 12.6. The molecular weight excluding hydrogens is 338 g/mol. The largest absolute Gasteiger partial charge is 0.496 e. The summed E-state index contributed by atoms with van der Waals surface area (Å²) >= 11 is 0. The molecule has 1 aromatic carbocycles. The van der Waals surface area contributed by atoms with Gasteiger partial charge in [-0.3, -0.25) is 14.9 Å². The maximum absolute atomic E-state index is 12.4. The second-order valence-corrected chi connectivity index (χ2v) is 6.14. The minimum Gasteiger partial charge on any atom is -0.496 e. The summed E-state index contributed by atoms with van der Waals surface area (Å²) in [4.78, 5) is 22.8. The number of aromatic nitrogens is 3. The zero-order valence-corrected chi connectivity index (χ0v) is 14.6. The molecule has 1 aromatic heterocycles. The number of ether oxygens (including phenoxy) is 1. The molecule has 26 heavy (non-hydrogen) atoms. The summed E-state index contributed by atoms with van der Waals surface area (Å²) in [6, 6.07) is 3.95. The van der Waals surface area contributed by atoms with Gasteiger partial charge in [0.1, 0.15) is 17.4 Å². The number of aryl methyl sites for hydroxylation is 1. The topological polar surface area (TPSA) is 112 Å². The fourth-order valence-electron chi connectivity index (χ4n) is 3.10. The SMILES string of the molecule is COc1ccc([N+](=O)[O-])cc1C(=O)NCCc1nnc2n1CCCCC2. The number of hydrogen-bond acceptors (Lipinski definition) is 6. The van der Waals surface area contributed by atoms with Gasteiger partial charge in [-0.1, -0.05) is 6.42 Å². The van der Waals surface area contributed by atoms with Crippen LogP contribution in [0.2, 0.25) is 0 Å². The maximum atomic E-state index is 12.4. The van der Waals surface area contributed by atoms with Gasteiger partial charge in [-0.15, -0.1) is 10.2 Å². The smallest absolute Gasteiger partial charge is 0.270 e. The van der Waals surface area contributed by atoms with E-state index in [2.05, 4.69) is 20.1 Å². The number of nitro benzene ring substituents is 1. The molecule has 9 heteroatoms. The molecule has 0 fully saturated rings. The van der Waals surface area contributed by atoms with E-state index in [1.54, 1.807) is 0 Å². The first-order valence-electron chi connectivity index (χ1n) is 8.61. The van der Waals surface area contributed by atoms with Gasteiger partial charge in [0, 0.05) is 38.1 Å². The summed E-state index contributed by atoms with van der Waals surface area (Å²) in [6.45, 7) is 1.27. The molecule has 2 heterocycles. The van der Waals surface area contributed by atoms with Gasteiger partial charge in [0.05, 0.1) is 17.6 Å². The molecule has 3 rings (SSSR count). The highest BCUT2D eigenvalue weighted by atomic mass is 16.6. The van der Waals surface area contributed by atoms with E-state index in [1.807, 2.05) is 0 Å². The average molecular weight is 359 g/mol. The van der Waals surface area contributed by atoms with E-state index >= 15 is 0 Å². The van der Waals surface area contributed by atoms with Crippen molar-refractivity contribution in [3.8, 4) is 5.75 Å². The van der Waals surface area contributed by atoms with Crippen LogP contribution in [0.5, 0.6) is 5.75 Å². The van der Waals surface area contributed by atoms with Crippen LogP contribution in [-0.2, 0) is 19.4 Å². The Morgan fingerprint density at radius 3 is 2.96 bits per heavy atom. The van der Waals surface area contributed by atoms with E-state index in [0.29, 0.717) is 18.7 Å². The van der Waals surface area contributed by atoms with Gasteiger partial charge >= 0.3 is 0 Å². The monoisotopic (exact) mass is 359 g/mol. The molecule has 0 aliphatic carbocycles. The van der Waals surface area contributed by atoms with Crippen molar-refractivity contribution in [1.82, 2.24) is 20.1 Å². The fourth-order valence-corrected chi connectivity index (χ4v) is 3.10. The number of nitrogens with one attached hydrogen (secondary N) is 1. The average Bonchev–Trinajstić information content (AvgIpc) is 2.87. The Kier molecular flexibility index (Phi) is 5.45. The van der Waals surface area contributed by atoms with Crippen LogP contribution in [0.25, 0.3) is 0 Å². The number of amides is 1. The van der Waals surface area contributed by atoms with Crippen LogP contribution >= 0.6 is 0 Å². The van der Waals surface area contributed by atoms with Crippen LogP contribution in [0.1, 0.15) is 41.3 Å². The summed E-state index contributed by atoms with van der Waals surface area (Å²) in [5, 5.41) is 22.2. The Balaban J connectivity index is 1.65. The molecule has 138 valence electrons. The van der Waals surface area contributed by atoms with Gasteiger partial charge in [-0.25, -0.2) is 0 Å². The second kappa shape index (κ2) is 7.94. The molecule has 1 N–H and O–H groups in total. The van der Waals surface area contributed by atoms with Gasteiger partial charge < -0.3 is 14.6 Å².